The van der Waals surface area contributed by atoms with Crippen molar-refractivity contribution >= 4 is 21.8 Å². The molecular weight excluding hydrogens is 372 g/mol. The third-order valence-corrected chi connectivity index (χ3v) is 4.07. The molecule has 0 fully saturated rings. The third-order valence-electron chi connectivity index (χ3n) is 3.42. The summed E-state index contributed by atoms with van der Waals surface area (Å²) < 4.78 is 6.32. The monoisotopic (exact) mass is 392 g/mol. The van der Waals surface area contributed by atoms with E-state index >= 15 is 0 Å². The lowest BCUT2D eigenvalue weighted by atomic mass is 10.1. The van der Waals surface area contributed by atoms with Gasteiger partial charge < -0.3 is 20.9 Å². The van der Waals surface area contributed by atoms with Crippen LogP contribution >= 0.6 is 15.9 Å². The standard InChI is InChI=1S/C18H21BrN2O3/c19-15-8-4-5-9-17(15)24-12-14(22)11-21-18(23)16(20)10-13-6-2-1-3-7-13/h1-9,14,16,22H,10-12,20H2,(H,21,23)/t14?,16-/m0/s1. The number of halogens is 1. The zero-order valence-electron chi connectivity index (χ0n) is 13.2. The molecule has 5 nitrogen and oxygen atoms in total. The topological polar surface area (TPSA) is 84.6 Å². The highest BCUT2D eigenvalue weighted by Gasteiger charge is 2.15. The highest BCUT2D eigenvalue weighted by molar-refractivity contribution is 9.10. The van der Waals surface area contributed by atoms with Crippen molar-refractivity contribution in [2.24, 2.45) is 5.73 Å². The predicted octanol–water partition coefficient (Wildman–Crippen LogP) is 1.87. The van der Waals surface area contributed by atoms with Crippen LogP contribution < -0.4 is 15.8 Å². The lowest BCUT2D eigenvalue weighted by Crippen LogP contribution is -2.45. The zero-order chi connectivity index (χ0) is 17.4. The first-order valence-electron chi connectivity index (χ1n) is 7.69. The molecule has 2 aromatic carbocycles. The summed E-state index contributed by atoms with van der Waals surface area (Å²) in [4.78, 5) is 12.0. The van der Waals surface area contributed by atoms with Gasteiger partial charge in [-0.3, -0.25) is 4.79 Å². The maximum absolute atomic E-state index is 12.0. The van der Waals surface area contributed by atoms with Crippen LogP contribution in [0, 0.1) is 0 Å². The molecule has 24 heavy (non-hydrogen) atoms. The van der Waals surface area contributed by atoms with E-state index < -0.39 is 12.1 Å². The Bertz CT molecular complexity index is 652. The minimum absolute atomic E-state index is 0.0802. The van der Waals surface area contributed by atoms with E-state index in [1.165, 1.54) is 0 Å². The first-order chi connectivity index (χ1) is 11.6. The zero-order valence-corrected chi connectivity index (χ0v) is 14.8. The molecule has 2 aromatic rings. The van der Waals surface area contributed by atoms with Crippen LogP contribution in [0.4, 0.5) is 0 Å². The second kappa shape index (κ2) is 9.42. The van der Waals surface area contributed by atoms with Crippen LogP contribution in [-0.4, -0.2) is 36.3 Å². The lowest BCUT2D eigenvalue weighted by molar-refractivity contribution is -0.122. The predicted molar refractivity (Wildman–Crippen MR) is 96.8 cm³/mol. The van der Waals surface area contributed by atoms with Crippen molar-refractivity contribution in [2.75, 3.05) is 13.2 Å². The van der Waals surface area contributed by atoms with Crippen LogP contribution in [0.25, 0.3) is 0 Å². The Balaban J connectivity index is 1.71. The summed E-state index contributed by atoms with van der Waals surface area (Å²) in [6.45, 7) is 0.169. The number of hydrogen-bond donors (Lipinski definition) is 3. The summed E-state index contributed by atoms with van der Waals surface area (Å²) in [5.41, 5.74) is 6.89. The third kappa shape index (κ3) is 5.96. The normalized spacial score (nSPS) is 13.1. The molecule has 1 amide bonds. The summed E-state index contributed by atoms with van der Waals surface area (Å²) in [7, 11) is 0. The Kier molecular flexibility index (Phi) is 7.24. The summed E-state index contributed by atoms with van der Waals surface area (Å²) in [5, 5.41) is 12.6. The van der Waals surface area contributed by atoms with Crippen molar-refractivity contribution in [2.45, 2.75) is 18.6 Å². The quantitative estimate of drug-likeness (QED) is 0.640. The number of aliphatic hydroxyl groups is 1. The molecule has 4 N–H and O–H groups in total. The van der Waals surface area contributed by atoms with Crippen molar-refractivity contribution in [3.8, 4) is 5.75 Å². The van der Waals surface area contributed by atoms with Crippen LogP contribution in [0.2, 0.25) is 0 Å². The highest BCUT2D eigenvalue weighted by atomic mass is 79.9. The Labute approximate surface area is 150 Å². The van der Waals surface area contributed by atoms with Gasteiger partial charge in [0, 0.05) is 6.54 Å². The molecule has 2 rings (SSSR count). The van der Waals surface area contributed by atoms with Gasteiger partial charge in [-0.2, -0.15) is 0 Å². The van der Waals surface area contributed by atoms with Gasteiger partial charge in [0.2, 0.25) is 5.91 Å². The summed E-state index contributed by atoms with van der Waals surface area (Å²) in [6.07, 6.45) is -0.360. The molecule has 6 heteroatoms. The maximum atomic E-state index is 12.0. The second-order valence-electron chi connectivity index (χ2n) is 5.44. The van der Waals surface area contributed by atoms with Crippen molar-refractivity contribution in [1.29, 1.82) is 0 Å². The maximum Gasteiger partial charge on any atom is 0.237 e. The molecule has 0 bridgehead atoms. The second-order valence-corrected chi connectivity index (χ2v) is 6.29. The van der Waals surface area contributed by atoms with Crippen LogP contribution in [0.5, 0.6) is 5.75 Å². The number of amides is 1. The molecule has 0 spiro atoms. The molecule has 128 valence electrons. The van der Waals surface area contributed by atoms with E-state index in [2.05, 4.69) is 21.2 Å². The molecule has 0 radical (unpaired) electrons. The fourth-order valence-corrected chi connectivity index (χ4v) is 2.52. The molecule has 0 saturated carbocycles. The minimum Gasteiger partial charge on any atom is -0.490 e. The van der Waals surface area contributed by atoms with Crippen molar-refractivity contribution < 1.29 is 14.6 Å². The first kappa shape index (κ1) is 18.4. The number of rotatable bonds is 8. The molecule has 0 saturated heterocycles. The fourth-order valence-electron chi connectivity index (χ4n) is 2.12. The molecular formula is C18H21BrN2O3. The molecule has 0 heterocycles. The largest absolute Gasteiger partial charge is 0.490 e. The highest BCUT2D eigenvalue weighted by Crippen LogP contribution is 2.23. The number of para-hydroxylation sites is 1. The van der Waals surface area contributed by atoms with Gasteiger partial charge >= 0.3 is 0 Å². The first-order valence-corrected chi connectivity index (χ1v) is 8.48. The van der Waals surface area contributed by atoms with E-state index in [-0.39, 0.29) is 19.1 Å². The molecule has 2 atom stereocenters. The van der Waals surface area contributed by atoms with Gasteiger partial charge in [-0.05, 0) is 40.0 Å². The van der Waals surface area contributed by atoms with Crippen LogP contribution in [0.1, 0.15) is 5.56 Å². The SMILES string of the molecule is N[C@@H](Cc1ccccc1)C(=O)NCC(O)COc1ccccc1Br. The van der Waals surface area contributed by atoms with Gasteiger partial charge in [-0.15, -0.1) is 0 Å². The van der Waals surface area contributed by atoms with Crippen LogP contribution in [-0.2, 0) is 11.2 Å². The van der Waals surface area contributed by atoms with Gasteiger partial charge in [0.1, 0.15) is 18.5 Å². The number of nitrogens with two attached hydrogens (primary N) is 1. The van der Waals surface area contributed by atoms with E-state index in [1.54, 1.807) is 6.07 Å². The number of carbonyl (C=O) groups excluding carboxylic acids is 1. The summed E-state index contributed by atoms with van der Waals surface area (Å²) in [5.74, 6) is 0.349. The summed E-state index contributed by atoms with van der Waals surface area (Å²) >= 11 is 3.37. The van der Waals surface area contributed by atoms with Crippen molar-refractivity contribution in [1.82, 2.24) is 5.32 Å². The molecule has 0 aromatic heterocycles. The number of ether oxygens (including phenoxy) is 1. The minimum atomic E-state index is -0.815. The molecule has 0 aliphatic rings. The number of nitrogens with one attached hydrogen (secondary N) is 1. The van der Waals surface area contributed by atoms with Gasteiger partial charge in [-0.1, -0.05) is 42.5 Å². The van der Waals surface area contributed by atoms with E-state index in [0.717, 1.165) is 10.0 Å². The number of carbonyl (C=O) groups is 1. The number of aliphatic hydroxyl groups excluding tert-OH is 1. The van der Waals surface area contributed by atoms with Crippen LogP contribution in [0.15, 0.2) is 59.1 Å². The van der Waals surface area contributed by atoms with Crippen LogP contribution in [0.3, 0.4) is 0 Å². The van der Waals surface area contributed by atoms with Gasteiger partial charge in [-0.25, -0.2) is 0 Å². The van der Waals surface area contributed by atoms with Gasteiger partial charge in [0.05, 0.1) is 10.5 Å². The average Bonchev–Trinajstić information content (AvgIpc) is 2.59. The fraction of sp³-hybridized carbons (Fsp3) is 0.278. The molecule has 0 aliphatic carbocycles. The van der Waals surface area contributed by atoms with Crippen molar-refractivity contribution in [3.05, 3.63) is 64.6 Å². The lowest BCUT2D eigenvalue weighted by Gasteiger charge is -2.16. The average molecular weight is 393 g/mol. The number of benzene rings is 2. The Hall–Kier alpha value is -1.89. The molecule has 1 unspecified atom stereocenters. The van der Waals surface area contributed by atoms with E-state index in [4.69, 9.17) is 10.5 Å². The molecule has 0 aliphatic heterocycles. The van der Waals surface area contributed by atoms with E-state index in [1.807, 2.05) is 48.5 Å². The van der Waals surface area contributed by atoms with Crippen molar-refractivity contribution in [3.63, 3.8) is 0 Å². The van der Waals surface area contributed by atoms with E-state index in [9.17, 15) is 9.90 Å². The Morgan fingerprint density at radius 3 is 2.54 bits per heavy atom. The smallest absolute Gasteiger partial charge is 0.237 e. The number of hydrogen-bond acceptors (Lipinski definition) is 4. The van der Waals surface area contributed by atoms with Gasteiger partial charge in [0.25, 0.3) is 0 Å². The van der Waals surface area contributed by atoms with Gasteiger partial charge in [0.15, 0.2) is 0 Å². The summed E-state index contributed by atoms with van der Waals surface area (Å²) in [6, 6.07) is 16.3. The Morgan fingerprint density at radius 2 is 1.83 bits per heavy atom. The Morgan fingerprint density at radius 1 is 1.17 bits per heavy atom. The van der Waals surface area contributed by atoms with E-state index in [0.29, 0.717) is 12.2 Å².